The average molecular weight is 331 g/mol. The van der Waals surface area contributed by atoms with E-state index < -0.39 is 0 Å². The highest BCUT2D eigenvalue weighted by atomic mass is 35.5. The van der Waals surface area contributed by atoms with Gasteiger partial charge in [0.25, 0.3) is 5.91 Å². The predicted molar refractivity (Wildman–Crippen MR) is 82.9 cm³/mol. The van der Waals surface area contributed by atoms with Crippen LogP contribution in [0.4, 0.5) is 0 Å². The lowest BCUT2D eigenvalue weighted by molar-refractivity contribution is 0.0933. The number of amides is 1. The second kappa shape index (κ2) is 7.97. The maximum atomic E-state index is 11.9. The molecule has 3 heterocycles. The molecule has 0 aliphatic carbocycles. The maximum Gasteiger partial charge on any atom is 0.273 e. The van der Waals surface area contributed by atoms with Crippen LogP contribution in [-0.2, 0) is 0 Å². The van der Waals surface area contributed by atoms with Gasteiger partial charge in [-0.1, -0.05) is 5.16 Å². The number of hydrogen-bond donors (Lipinski definition) is 2. The fourth-order valence-electron chi connectivity index (χ4n) is 1.85. The highest BCUT2D eigenvalue weighted by Gasteiger charge is 2.19. The second-order valence-corrected chi connectivity index (χ2v) is 4.55. The summed E-state index contributed by atoms with van der Waals surface area (Å²) in [5.41, 5.74) is 1.16. The van der Waals surface area contributed by atoms with Crippen LogP contribution >= 0.6 is 24.8 Å². The molecule has 1 amide bonds. The molecule has 2 aromatic heterocycles. The third kappa shape index (κ3) is 4.17. The molecule has 2 aromatic rings. The van der Waals surface area contributed by atoms with Crippen molar-refractivity contribution in [2.24, 2.45) is 5.92 Å². The minimum atomic E-state index is -0.198. The largest absolute Gasteiger partial charge is 0.355 e. The second-order valence-electron chi connectivity index (χ2n) is 4.55. The van der Waals surface area contributed by atoms with E-state index in [2.05, 4.69) is 20.8 Å². The molecular weight excluding hydrogens is 315 g/mol. The van der Waals surface area contributed by atoms with Crippen molar-refractivity contribution in [2.45, 2.75) is 0 Å². The first-order valence-corrected chi connectivity index (χ1v) is 6.19. The molecule has 21 heavy (non-hydrogen) atoms. The molecule has 0 saturated carbocycles. The van der Waals surface area contributed by atoms with Crippen molar-refractivity contribution in [3.63, 3.8) is 0 Å². The zero-order chi connectivity index (χ0) is 13.1. The van der Waals surface area contributed by atoms with Crippen LogP contribution in [-0.4, -0.2) is 35.7 Å². The fourth-order valence-corrected chi connectivity index (χ4v) is 1.85. The molecule has 1 aliphatic rings. The molecule has 0 spiro atoms. The first-order valence-electron chi connectivity index (χ1n) is 6.19. The molecule has 1 saturated heterocycles. The smallest absolute Gasteiger partial charge is 0.273 e. The van der Waals surface area contributed by atoms with Crippen LogP contribution in [0.5, 0.6) is 0 Å². The van der Waals surface area contributed by atoms with Crippen LogP contribution < -0.4 is 10.6 Å². The Morgan fingerprint density at radius 2 is 2.05 bits per heavy atom. The Bertz CT molecular complexity index is 573. The van der Waals surface area contributed by atoms with Crippen LogP contribution in [0.3, 0.4) is 0 Å². The highest BCUT2D eigenvalue weighted by molar-refractivity contribution is 5.93. The third-order valence-corrected chi connectivity index (χ3v) is 3.12. The minimum Gasteiger partial charge on any atom is -0.355 e. The average Bonchev–Trinajstić information content (AvgIpc) is 2.87. The summed E-state index contributed by atoms with van der Waals surface area (Å²) in [6.45, 7) is 2.59. The number of hydrogen-bond acceptors (Lipinski definition) is 5. The van der Waals surface area contributed by atoms with E-state index in [9.17, 15) is 4.79 Å². The van der Waals surface area contributed by atoms with Gasteiger partial charge in [-0.05, 0) is 12.1 Å². The lowest BCUT2D eigenvalue weighted by atomic mass is 10.0. The predicted octanol–water partition coefficient (Wildman–Crippen LogP) is 1.53. The Morgan fingerprint density at radius 3 is 2.67 bits per heavy atom. The summed E-state index contributed by atoms with van der Waals surface area (Å²) >= 11 is 0. The van der Waals surface area contributed by atoms with Crippen molar-refractivity contribution >= 4 is 30.7 Å². The van der Waals surface area contributed by atoms with Gasteiger partial charge in [-0.3, -0.25) is 9.78 Å². The molecule has 0 aromatic carbocycles. The third-order valence-electron chi connectivity index (χ3n) is 3.12. The molecule has 114 valence electrons. The number of aromatic nitrogens is 2. The lowest BCUT2D eigenvalue weighted by Gasteiger charge is -2.26. The summed E-state index contributed by atoms with van der Waals surface area (Å²) in [6, 6.07) is 5.26. The molecule has 0 atom stereocenters. The van der Waals surface area contributed by atoms with Crippen molar-refractivity contribution in [2.75, 3.05) is 19.6 Å². The van der Waals surface area contributed by atoms with Crippen molar-refractivity contribution in [1.82, 2.24) is 20.8 Å². The van der Waals surface area contributed by atoms with Crippen LogP contribution in [0.25, 0.3) is 11.3 Å². The van der Waals surface area contributed by atoms with Gasteiger partial charge in [-0.15, -0.1) is 24.8 Å². The van der Waals surface area contributed by atoms with E-state index in [4.69, 9.17) is 4.52 Å². The van der Waals surface area contributed by atoms with Crippen LogP contribution in [0.1, 0.15) is 10.5 Å². The van der Waals surface area contributed by atoms with E-state index in [1.165, 1.54) is 0 Å². The lowest BCUT2D eigenvalue weighted by Crippen LogP contribution is -2.48. The number of nitrogens with one attached hydrogen (secondary N) is 2. The minimum absolute atomic E-state index is 0. The Hall–Kier alpha value is -1.63. The Morgan fingerprint density at radius 1 is 1.33 bits per heavy atom. The maximum absolute atomic E-state index is 11.9. The van der Waals surface area contributed by atoms with E-state index >= 15 is 0 Å². The standard InChI is InChI=1S/C13H14N4O2.2ClH/c18-13(16-8-9-6-15-7-9)11-5-12(19-17-11)10-1-3-14-4-2-10;;/h1-5,9,15H,6-8H2,(H,16,18);2*1H. The zero-order valence-electron chi connectivity index (χ0n) is 11.1. The molecular formula is C13H16Cl2N4O2. The number of nitrogens with zero attached hydrogens (tertiary/aromatic N) is 2. The Labute approximate surface area is 134 Å². The number of carbonyl (C=O) groups is 1. The van der Waals surface area contributed by atoms with E-state index in [0.29, 0.717) is 23.9 Å². The van der Waals surface area contributed by atoms with E-state index in [1.807, 2.05) is 12.1 Å². The van der Waals surface area contributed by atoms with Crippen molar-refractivity contribution in [3.8, 4) is 11.3 Å². The first-order chi connectivity index (χ1) is 9.33. The summed E-state index contributed by atoms with van der Waals surface area (Å²) in [6.07, 6.45) is 3.34. The monoisotopic (exact) mass is 330 g/mol. The van der Waals surface area contributed by atoms with Gasteiger partial charge in [-0.25, -0.2) is 0 Å². The van der Waals surface area contributed by atoms with Gasteiger partial charge in [0.05, 0.1) is 0 Å². The number of halogens is 2. The van der Waals surface area contributed by atoms with Gasteiger partial charge in [-0.2, -0.15) is 0 Å². The molecule has 0 unspecified atom stereocenters. The summed E-state index contributed by atoms with van der Waals surface area (Å²) in [7, 11) is 0. The van der Waals surface area contributed by atoms with E-state index in [-0.39, 0.29) is 30.7 Å². The fraction of sp³-hybridized carbons (Fsp3) is 0.308. The molecule has 3 rings (SSSR count). The van der Waals surface area contributed by atoms with Gasteiger partial charge < -0.3 is 15.2 Å². The summed E-state index contributed by atoms with van der Waals surface area (Å²) in [5, 5.41) is 9.80. The molecule has 8 heteroatoms. The van der Waals surface area contributed by atoms with Crippen LogP contribution in [0, 0.1) is 5.92 Å². The molecule has 1 fully saturated rings. The summed E-state index contributed by atoms with van der Waals surface area (Å²) in [5.74, 6) is 0.893. The quantitative estimate of drug-likeness (QED) is 0.888. The summed E-state index contributed by atoms with van der Waals surface area (Å²) in [4.78, 5) is 15.8. The molecule has 0 bridgehead atoms. The van der Waals surface area contributed by atoms with Gasteiger partial charge in [0.15, 0.2) is 11.5 Å². The summed E-state index contributed by atoms with van der Waals surface area (Å²) < 4.78 is 5.17. The molecule has 1 aliphatic heterocycles. The van der Waals surface area contributed by atoms with Crippen LogP contribution in [0.2, 0.25) is 0 Å². The van der Waals surface area contributed by atoms with E-state index in [1.54, 1.807) is 18.5 Å². The first kappa shape index (κ1) is 17.4. The Kier molecular flexibility index (Phi) is 6.61. The van der Waals surface area contributed by atoms with Gasteiger partial charge in [0, 0.05) is 49.6 Å². The molecule has 2 N–H and O–H groups in total. The SMILES string of the molecule is Cl.Cl.O=C(NCC1CNC1)c1cc(-c2ccncc2)on1. The van der Waals surface area contributed by atoms with Crippen LogP contribution in [0.15, 0.2) is 35.1 Å². The van der Waals surface area contributed by atoms with Gasteiger partial charge in [0.2, 0.25) is 0 Å². The van der Waals surface area contributed by atoms with Gasteiger partial charge >= 0.3 is 0 Å². The van der Waals surface area contributed by atoms with E-state index in [0.717, 1.165) is 18.7 Å². The molecule has 6 nitrogen and oxygen atoms in total. The number of carbonyl (C=O) groups excluding carboxylic acids is 1. The number of pyridine rings is 1. The Balaban J connectivity index is 0.00000110. The molecule has 0 radical (unpaired) electrons. The number of rotatable bonds is 4. The topological polar surface area (TPSA) is 80.0 Å². The zero-order valence-corrected chi connectivity index (χ0v) is 12.7. The van der Waals surface area contributed by atoms with Crippen molar-refractivity contribution in [3.05, 3.63) is 36.3 Å². The van der Waals surface area contributed by atoms with Crippen molar-refractivity contribution < 1.29 is 9.32 Å². The van der Waals surface area contributed by atoms with Crippen molar-refractivity contribution in [1.29, 1.82) is 0 Å². The van der Waals surface area contributed by atoms with Gasteiger partial charge in [0.1, 0.15) is 0 Å². The highest BCUT2D eigenvalue weighted by Crippen LogP contribution is 2.19. The normalized spacial score (nSPS) is 13.5.